The lowest BCUT2D eigenvalue weighted by atomic mass is 10.2. The fraction of sp³-hybridized carbons (Fsp3) is 0.235. The molecule has 0 aliphatic heterocycles. The number of halogens is 1. The summed E-state index contributed by atoms with van der Waals surface area (Å²) in [5.41, 5.74) is 1.47. The number of aromatic hydroxyl groups is 1. The van der Waals surface area contributed by atoms with Gasteiger partial charge in [0, 0.05) is 5.69 Å². The van der Waals surface area contributed by atoms with Crippen molar-refractivity contribution in [1.29, 1.82) is 0 Å². The summed E-state index contributed by atoms with van der Waals surface area (Å²) in [6, 6.07) is 6.56. The number of fused-ring (bicyclic) bond motifs is 1. The zero-order valence-corrected chi connectivity index (χ0v) is 15.4. The molecule has 0 spiro atoms. The third-order valence-corrected chi connectivity index (χ3v) is 4.76. The van der Waals surface area contributed by atoms with E-state index in [0.717, 1.165) is 16.6 Å². The third-order valence-electron chi connectivity index (χ3n) is 3.42. The molecule has 0 saturated heterocycles. The second-order valence-corrected chi connectivity index (χ2v) is 7.04. The molecule has 3 rings (SSSR count). The molecule has 2 heterocycles. The van der Waals surface area contributed by atoms with Gasteiger partial charge in [-0.25, -0.2) is 9.78 Å². The number of esters is 1. The standard InChI is InChI=1S/C17H16ClN3O3S/c1-8(2)24-16(23)13-9(3)12-14(20-17(18)21-15(12)25-13)19-10-4-6-11(22)7-5-10/h4-8,22H,1-3H3,(H,19,20,21). The Labute approximate surface area is 153 Å². The van der Waals surface area contributed by atoms with Crippen LogP contribution in [-0.2, 0) is 4.74 Å². The van der Waals surface area contributed by atoms with Crippen molar-refractivity contribution in [3.8, 4) is 5.75 Å². The lowest BCUT2D eigenvalue weighted by Crippen LogP contribution is -2.11. The smallest absolute Gasteiger partial charge is 0.348 e. The number of nitrogens with one attached hydrogen (secondary N) is 1. The fourth-order valence-electron chi connectivity index (χ4n) is 2.35. The Bertz CT molecular complexity index is 938. The number of carbonyl (C=O) groups is 1. The van der Waals surface area contributed by atoms with Gasteiger partial charge in [0.25, 0.3) is 0 Å². The highest BCUT2D eigenvalue weighted by Gasteiger charge is 2.22. The van der Waals surface area contributed by atoms with Crippen LogP contribution < -0.4 is 5.32 Å². The number of ether oxygens (including phenoxy) is 1. The zero-order chi connectivity index (χ0) is 18.1. The largest absolute Gasteiger partial charge is 0.508 e. The van der Waals surface area contributed by atoms with Gasteiger partial charge in [-0.1, -0.05) is 0 Å². The van der Waals surface area contributed by atoms with Gasteiger partial charge in [-0.15, -0.1) is 11.3 Å². The molecule has 0 radical (unpaired) electrons. The number of hydrogen-bond acceptors (Lipinski definition) is 7. The number of phenols is 1. The predicted molar refractivity (Wildman–Crippen MR) is 99.1 cm³/mol. The first-order valence-electron chi connectivity index (χ1n) is 7.59. The summed E-state index contributed by atoms with van der Waals surface area (Å²) in [4.78, 5) is 21.9. The van der Waals surface area contributed by atoms with Crippen molar-refractivity contribution in [1.82, 2.24) is 9.97 Å². The zero-order valence-electron chi connectivity index (χ0n) is 13.8. The number of carbonyl (C=O) groups excluding carboxylic acids is 1. The average molecular weight is 378 g/mol. The van der Waals surface area contributed by atoms with Crippen LogP contribution in [0.5, 0.6) is 5.75 Å². The molecule has 6 nitrogen and oxygen atoms in total. The number of phenolic OH excluding ortho intramolecular Hbond substituents is 1. The monoisotopic (exact) mass is 377 g/mol. The number of hydrogen-bond donors (Lipinski definition) is 2. The number of aryl methyl sites for hydroxylation is 1. The second-order valence-electron chi connectivity index (χ2n) is 5.70. The number of nitrogens with zero attached hydrogens (tertiary/aromatic N) is 2. The number of aromatic nitrogens is 2. The molecule has 0 saturated carbocycles. The van der Waals surface area contributed by atoms with Crippen LogP contribution in [0.15, 0.2) is 24.3 Å². The van der Waals surface area contributed by atoms with Gasteiger partial charge in [-0.05, 0) is 62.2 Å². The Morgan fingerprint density at radius 3 is 2.60 bits per heavy atom. The molecule has 2 N–H and O–H groups in total. The van der Waals surface area contributed by atoms with Crippen molar-refractivity contribution >= 4 is 50.6 Å². The van der Waals surface area contributed by atoms with Crippen LogP contribution in [-0.4, -0.2) is 27.1 Å². The van der Waals surface area contributed by atoms with Crippen molar-refractivity contribution in [3.63, 3.8) is 0 Å². The summed E-state index contributed by atoms with van der Waals surface area (Å²) in [7, 11) is 0. The highest BCUT2D eigenvalue weighted by Crippen LogP contribution is 2.36. The SMILES string of the molecule is Cc1c(C(=O)OC(C)C)sc2nc(Cl)nc(Nc3ccc(O)cc3)c12. The lowest BCUT2D eigenvalue weighted by molar-refractivity contribution is 0.0383. The van der Waals surface area contributed by atoms with Gasteiger partial charge in [0.1, 0.15) is 21.3 Å². The van der Waals surface area contributed by atoms with E-state index in [9.17, 15) is 9.90 Å². The average Bonchev–Trinajstić information content (AvgIpc) is 2.86. The molecule has 3 aromatic rings. The van der Waals surface area contributed by atoms with Gasteiger partial charge in [0.05, 0.1) is 11.5 Å². The third kappa shape index (κ3) is 3.67. The number of anilines is 2. The first-order valence-corrected chi connectivity index (χ1v) is 8.78. The minimum absolute atomic E-state index is 0.0822. The Balaban J connectivity index is 2.07. The maximum absolute atomic E-state index is 12.3. The van der Waals surface area contributed by atoms with E-state index in [1.807, 2.05) is 6.92 Å². The topological polar surface area (TPSA) is 84.3 Å². The summed E-state index contributed by atoms with van der Waals surface area (Å²) in [6.45, 7) is 5.43. The molecule has 0 amide bonds. The molecule has 0 aliphatic rings. The van der Waals surface area contributed by atoms with Gasteiger partial charge in [-0.2, -0.15) is 4.98 Å². The minimum Gasteiger partial charge on any atom is -0.508 e. The highest BCUT2D eigenvalue weighted by molar-refractivity contribution is 7.20. The molecule has 0 atom stereocenters. The summed E-state index contributed by atoms with van der Waals surface area (Å²) < 4.78 is 5.29. The molecule has 8 heteroatoms. The van der Waals surface area contributed by atoms with Crippen LogP contribution in [0.2, 0.25) is 5.28 Å². The second kappa shape index (κ2) is 6.85. The van der Waals surface area contributed by atoms with E-state index in [1.165, 1.54) is 11.3 Å². The van der Waals surface area contributed by atoms with E-state index in [1.54, 1.807) is 38.1 Å². The molecular weight excluding hydrogens is 362 g/mol. The van der Waals surface area contributed by atoms with Crippen LogP contribution >= 0.6 is 22.9 Å². The van der Waals surface area contributed by atoms with Crippen molar-refractivity contribution in [2.24, 2.45) is 0 Å². The van der Waals surface area contributed by atoms with Crippen LogP contribution in [0.25, 0.3) is 10.2 Å². The molecule has 0 unspecified atom stereocenters. The van der Waals surface area contributed by atoms with Gasteiger partial charge < -0.3 is 15.2 Å². The molecule has 0 fully saturated rings. The van der Waals surface area contributed by atoms with Crippen LogP contribution in [0, 0.1) is 6.92 Å². The molecule has 1 aromatic carbocycles. The van der Waals surface area contributed by atoms with Gasteiger partial charge in [0.2, 0.25) is 5.28 Å². The van der Waals surface area contributed by atoms with E-state index in [-0.39, 0.29) is 23.1 Å². The molecule has 0 bridgehead atoms. The van der Waals surface area contributed by atoms with E-state index in [4.69, 9.17) is 16.3 Å². The normalized spacial score (nSPS) is 11.1. The number of rotatable bonds is 4. The van der Waals surface area contributed by atoms with Gasteiger partial charge in [0.15, 0.2) is 0 Å². The van der Waals surface area contributed by atoms with Crippen molar-refractivity contribution in [3.05, 3.63) is 40.0 Å². The Morgan fingerprint density at radius 2 is 1.96 bits per heavy atom. The van der Waals surface area contributed by atoms with Crippen molar-refractivity contribution in [2.45, 2.75) is 26.9 Å². The summed E-state index contributed by atoms with van der Waals surface area (Å²) in [6.07, 6.45) is -0.207. The summed E-state index contributed by atoms with van der Waals surface area (Å²) in [5.74, 6) is 0.280. The summed E-state index contributed by atoms with van der Waals surface area (Å²) >= 11 is 7.25. The molecule has 0 aliphatic carbocycles. The lowest BCUT2D eigenvalue weighted by Gasteiger charge is -2.09. The first-order chi connectivity index (χ1) is 11.8. The van der Waals surface area contributed by atoms with Gasteiger partial charge in [-0.3, -0.25) is 0 Å². The first kappa shape index (κ1) is 17.4. The number of thiophene rings is 1. The minimum atomic E-state index is -0.387. The Hall–Kier alpha value is -2.38. The maximum atomic E-state index is 12.3. The molecular formula is C17H16ClN3O3S. The van der Waals surface area contributed by atoms with Crippen molar-refractivity contribution in [2.75, 3.05) is 5.32 Å². The highest BCUT2D eigenvalue weighted by atomic mass is 35.5. The Morgan fingerprint density at radius 1 is 1.28 bits per heavy atom. The predicted octanol–water partition coefficient (Wildman–Crippen LogP) is 4.67. The van der Waals surface area contributed by atoms with E-state index >= 15 is 0 Å². The van der Waals surface area contributed by atoms with E-state index < -0.39 is 0 Å². The summed E-state index contributed by atoms with van der Waals surface area (Å²) in [5, 5.41) is 13.4. The van der Waals surface area contributed by atoms with E-state index in [2.05, 4.69) is 15.3 Å². The van der Waals surface area contributed by atoms with Crippen LogP contribution in [0.1, 0.15) is 29.1 Å². The van der Waals surface area contributed by atoms with Crippen LogP contribution in [0.4, 0.5) is 11.5 Å². The molecule has 130 valence electrons. The maximum Gasteiger partial charge on any atom is 0.348 e. The Kier molecular flexibility index (Phi) is 4.78. The fourth-order valence-corrected chi connectivity index (χ4v) is 3.63. The number of benzene rings is 1. The van der Waals surface area contributed by atoms with Crippen LogP contribution in [0.3, 0.4) is 0 Å². The quantitative estimate of drug-likeness (QED) is 0.390. The van der Waals surface area contributed by atoms with E-state index in [0.29, 0.717) is 15.5 Å². The molecule has 2 aromatic heterocycles. The van der Waals surface area contributed by atoms with Crippen molar-refractivity contribution < 1.29 is 14.6 Å². The van der Waals surface area contributed by atoms with Gasteiger partial charge >= 0.3 is 5.97 Å². The molecule has 25 heavy (non-hydrogen) atoms.